The monoisotopic (exact) mass is 678 g/mol. The van der Waals surface area contributed by atoms with Crippen molar-refractivity contribution in [3.63, 3.8) is 0 Å². The number of para-hydroxylation sites is 2. The molecule has 0 unspecified atom stereocenters. The van der Waals surface area contributed by atoms with E-state index in [1.54, 1.807) is 0 Å². The highest BCUT2D eigenvalue weighted by atomic mass is 16.3. The van der Waals surface area contributed by atoms with Crippen molar-refractivity contribution < 1.29 is 8.83 Å². The molecule has 2 aromatic heterocycles. The Hall–Kier alpha value is -7.17. The second kappa shape index (κ2) is 11.7. The number of nitrogens with zero attached hydrogens (tertiary/aromatic N) is 2. The topological polar surface area (TPSA) is 42.4 Å². The van der Waals surface area contributed by atoms with Crippen molar-refractivity contribution in [2.24, 2.45) is 0 Å². The van der Waals surface area contributed by atoms with Gasteiger partial charge in [-0.25, -0.2) is 4.98 Å². The zero-order chi connectivity index (χ0) is 34.9. The Morgan fingerprint density at radius 1 is 0.415 bits per heavy atom. The van der Waals surface area contributed by atoms with Gasteiger partial charge in [0.05, 0.1) is 5.69 Å². The molecule has 0 bridgehead atoms. The van der Waals surface area contributed by atoms with E-state index in [0.717, 1.165) is 99.1 Å². The first-order valence-electron chi connectivity index (χ1n) is 17.9. The summed E-state index contributed by atoms with van der Waals surface area (Å²) in [5, 5.41) is 9.01. The number of aromatic nitrogens is 1. The van der Waals surface area contributed by atoms with Gasteiger partial charge in [0, 0.05) is 44.0 Å². The highest BCUT2D eigenvalue weighted by molar-refractivity contribution is 6.26. The van der Waals surface area contributed by atoms with E-state index < -0.39 is 0 Å². The van der Waals surface area contributed by atoms with Gasteiger partial charge in [-0.05, 0) is 87.8 Å². The predicted octanol–water partition coefficient (Wildman–Crippen LogP) is 14.0. The summed E-state index contributed by atoms with van der Waals surface area (Å²) in [6.45, 7) is 0. The zero-order valence-corrected chi connectivity index (χ0v) is 28.5. The van der Waals surface area contributed by atoms with Crippen molar-refractivity contribution >= 4 is 82.4 Å². The van der Waals surface area contributed by atoms with Crippen LogP contribution in [0.1, 0.15) is 0 Å². The number of fused-ring (bicyclic) bond motifs is 10. The summed E-state index contributed by atoms with van der Waals surface area (Å²) in [5.41, 5.74) is 9.89. The summed E-state index contributed by atoms with van der Waals surface area (Å²) in [5.74, 6) is 0.628. The van der Waals surface area contributed by atoms with Crippen LogP contribution in [0.2, 0.25) is 0 Å². The van der Waals surface area contributed by atoms with Gasteiger partial charge in [-0.2, -0.15) is 0 Å². The van der Waals surface area contributed by atoms with Crippen molar-refractivity contribution in [3.8, 4) is 22.6 Å². The molecule has 0 spiro atoms. The molecule has 248 valence electrons. The molecule has 11 aromatic rings. The maximum Gasteiger partial charge on any atom is 0.227 e. The number of hydrogen-bond donors (Lipinski definition) is 0. The molecule has 0 atom stereocenters. The van der Waals surface area contributed by atoms with E-state index in [1.165, 1.54) is 0 Å². The van der Waals surface area contributed by atoms with Gasteiger partial charge in [-0.15, -0.1) is 0 Å². The maximum absolute atomic E-state index is 6.59. The molecule has 4 heteroatoms. The van der Waals surface area contributed by atoms with Crippen LogP contribution in [0.5, 0.6) is 0 Å². The number of oxazole rings is 1. The largest absolute Gasteiger partial charge is 0.456 e. The third-order valence-corrected chi connectivity index (χ3v) is 10.4. The van der Waals surface area contributed by atoms with Crippen molar-refractivity contribution in [1.82, 2.24) is 4.98 Å². The van der Waals surface area contributed by atoms with E-state index in [2.05, 4.69) is 144 Å². The molecule has 0 aliphatic rings. The molecule has 0 fully saturated rings. The van der Waals surface area contributed by atoms with E-state index in [0.29, 0.717) is 5.89 Å². The summed E-state index contributed by atoms with van der Waals surface area (Å²) in [7, 11) is 0. The first-order chi connectivity index (χ1) is 26.3. The smallest absolute Gasteiger partial charge is 0.227 e. The SMILES string of the molecule is c1ccc(-c2nc3ccc4ccc5ccc6cc(N(c7ccc8oc9ccccc9c8c7)c7ccccc7-c7ccccc7)ccc6c5c4c3o2)cc1. The van der Waals surface area contributed by atoms with Crippen LogP contribution in [0.25, 0.3) is 87.9 Å². The lowest BCUT2D eigenvalue weighted by Gasteiger charge is -2.28. The molecule has 0 aliphatic heterocycles. The van der Waals surface area contributed by atoms with Crippen molar-refractivity contribution in [3.05, 3.63) is 182 Å². The normalized spacial score (nSPS) is 11.8. The lowest BCUT2D eigenvalue weighted by atomic mass is 9.95. The first-order valence-corrected chi connectivity index (χ1v) is 17.9. The summed E-state index contributed by atoms with van der Waals surface area (Å²) in [6.07, 6.45) is 0. The number of furan rings is 1. The van der Waals surface area contributed by atoms with Crippen LogP contribution in [0.15, 0.2) is 191 Å². The van der Waals surface area contributed by atoms with Crippen LogP contribution in [-0.4, -0.2) is 4.98 Å². The van der Waals surface area contributed by atoms with Gasteiger partial charge < -0.3 is 13.7 Å². The van der Waals surface area contributed by atoms with Gasteiger partial charge in [0.2, 0.25) is 5.89 Å². The number of benzene rings is 9. The summed E-state index contributed by atoms with van der Waals surface area (Å²) in [6, 6.07) is 64.0. The van der Waals surface area contributed by atoms with Gasteiger partial charge >= 0.3 is 0 Å². The lowest BCUT2D eigenvalue weighted by Crippen LogP contribution is -2.11. The molecule has 0 radical (unpaired) electrons. The van der Waals surface area contributed by atoms with Crippen molar-refractivity contribution in [2.45, 2.75) is 0 Å². The summed E-state index contributed by atoms with van der Waals surface area (Å²) < 4.78 is 12.8. The average molecular weight is 679 g/mol. The lowest BCUT2D eigenvalue weighted by molar-refractivity contribution is 0.623. The Balaban J connectivity index is 1.16. The highest BCUT2D eigenvalue weighted by Gasteiger charge is 2.20. The minimum atomic E-state index is 0.628. The fourth-order valence-electron chi connectivity index (χ4n) is 7.99. The van der Waals surface area contributed by atoms with Gasteiger partial charge in [-0.1, -0.05) is 121 Å². The fourth-order valence-corrected chi connectivity index (χ4v) is 7.99. The first kappa shape index (κ1) is 29.5. The number of hydrogen-bond acceptors (Lipinski definition) is 4. The van der Waals surface area contributed by atoms with E-state index in [9.17, 15) is 0 Å². The molecule has 4 nitrogen and oxygen atoms in total. The molecule has 2 heterocycles. The molecule has 0 saturated carbocycles. The van der Waals surface area contributed by atoms with Crippen molar-refractivity contribution in [2.75, 3.05) is 4.90 Å². The molecule has 11 rings (SSSR count). The predicted molar refractivity (Wildman–Crippen MR) is 219 cm³/mol. The number of rotatable bonds is 5. The van der Waals surface area contributed by atoms with E-state index in [-0.39, 0.29) is 0 Å². The summed E-state index contributed by atoms with van der Waals surface area (Å²) in [4.78, 5) is 7.29. The van der Waals surface area contributed by atoms with Gasteiger partial charge in [0.15, 0.2) is 5.58 Å². The summed E-state index contributed by atoms with van der Waals surface area (Å²) >= 11 is 0. The Bertz CT molecular complexity index is 3180. The molecule has 53 heavy (non-hydrogen) atoms. The Morgan fingerprint density at radius 2 is 1.06 bits per heavy atom. The Morgan fingerprint density at radius 3 is 1.91 bits per heavy atom. The highest BCUT2D eigenvalue weighted by Crippen LogP contribution is 2.45. The standard InChI is InChI=1S/C49H30N2O2/c1-3-11-31(12-4-1)38-15-7-9-17-43(38)51(37-25-28-45-41(30-37)40-16-8-10-18-44(40)52-45)36-24-26-39-35(29-36)22-21-32-19-20-33-23-27-42-48(47(33)46(32)39)53-49(50-42)34-13-5-2-6-14-34/h1-30H. The third kappa shape index (κ3) is 4.73. The van der Waals surface area contributed by atoms with E-state index >= 15 is 0 Å². The van der Waals surface area contributed by atoms with Crippen molar-refractivity contribution in [1.29, 1.82) is 0 Å². The third-order valence-electron chi connectivity index (χ3n) is 10.4. The van der Waals surface area contributed by atoms with Gasteiger partial charge in [-0.3, -0.25) is 0 Å². The maximum atomic E-state index is 6.59. The average Bonchev–Trinajstić information content (AvgIpc) is 3.83. The number of anilines is 3. The van der Waals surface area contributed by atoms with Gasteiger partial charge in [0.25, 0.3) is 0 Å². The minimum Gasteiger partial charge on any atom is -0.456 e. The van der Waals surface area contributed by atoms with Crippen LogP contribution in [-0.2, 0) is 0 Å². The van der Waals surface area contributed by atoms with Crippen LogP contribution in [0.4, 0.5) is 17.1 Å². The molecule has 9 aromatic carbocycles. The molecular weight excluding hydrogens is 649 g/mol. The van der Waals surface area contributed by atoms with Crippen LogP contribution < -0.4 is 4.90 Å². The molecule has 0 N–H and O–H groups in total. The van der Waals surface area contributed by atoms with Crippen LogP contribution >= 0.6 is 0 Å². The second-order valence-electron chi connectivity index (χ2n) is 13.5. The fraction of sp³-hybridized carbons (Fsp3) is 0. The van der Waals surface area contributed by atoms with Gasteiger partial charge in [0.1, 0.15) is 16.7 Å². The molecular formula is C49H30N2O2. The zero-order valence-electron chi connectivity index (χ0n) is 28.5. The second-order valence-corrected chi connectivity index (χ2v) is 13.5. The molecule has 0 saturated heterocycles. The molecule has 0 aliphatic carbocycles. The quantitative estimate of drug-likeness (QED) is 0.170. The van der Waals surface area contributed by atoms with E-state index in [4.69, 9.17) is 13.8 Å². The Labute approximate surface area is 304 Å². The van der Waals surface area contributed by atoms with E-state index in [1.807, 2.05) is 42.5 Å². The molecule has 0 amide bonds. The minimum absolute atomic E-state index is 0.628. The van der Waals surface area contributed by atoms with Crippen LogP contribution in [0, 0.1) is 0 Å². The van der Waals surface area contributed by atoms with Crippen LogP contribution in [0.3, 0.4) is 0 Å². The Kier molecular flexibility index (Phi) is 6.52.